The van der Waals surface area contributed by atoms with Gasteiger partial charge in [0.2, 0.25) is 5.91 Å². The molecule has 1 atom stereocenters. The van der Waals surface area contributed by atoms with Gasteiger partial charge in [0.1, 0.15) is 6.17 Å². The number of amides is 1. The Kier molecular flexibility index (Phi) is 3.43. The van der Waals surface area contributed by atoms with Gasteiger partial charge in [-0.05, 0) is 61.1 Å². The predicted molar refractivity (Wildman–Crippen MR) is 82.8 cm³/mol. The summed E-state index contributed by atoms with van der Waals surface area (Å²) in [7, 11) is 0. The molecule has 3 aliphatic rings. The molecule has 4 rings (SSSR count). The molecule has 2 aliphatic carbocycles. The van der Waals surface area contributed by atoms with E-state index in [2.05, 4.69) is 11.4 Å². The highest BCUT2D eigenvalue weighted by atomic mass is 35.5. The topological polar surface area (TPSA) is 32.3 Å². The van der Waals surface area contributed by atoms with Crippen LogP contribution in [0.1, 0.15) is 37.4 Å². The molecule has 3 fully saturated rings. The number of hydrogen-bond acceptors (Lipinski definition) is 2. The van der Waals surface area contributed by atoms with Gasteiger partial charge in [-0.1, -0.05) is 23.7 Å². The van der Waals surface area contributed by atoms with E-state index >= 15 is 0 Å². The van der Waals surface area contributed by atoms with Crippen molar-refractivity contribution in [2.24, 2.45) is 17.8 Å². The normalized spacial score (nSPS) is 25.9. The molecule has 0 aromatic heterocycles. The highest BCUT2D eigenvalue weighted by molar-refractivity contribution is 6.30. The second-order valence-corrected chi connectivity index (χ2v) is 7.16. The lowest BCUT2D eigenvalue weighted by molar-refractivity contribution is -0.128. The molecule has 0 radical (unpaired) electrons. The summed E-state index contributed by atoms with van der Waals surface area (Å²) >= 11 is 6.10. The molecule has 3 nitrogen and oxygen atoms in total. The lowest BCUT2D eigenvalue weighted by Gasteiger charge is -2.29. The van der Waals surface area contributed by atoms with Gasteiger partial charge >= 0.3 is 0 Å². The minimum atomic E-state index is -0.00352. The highest BCUT2D eigenvalue weighted by Gasteiger charge is 2.44. The summed E-state index contributed by atoms with van der Waals surface area (Å²) in [6, 6.07) is 7.86. The second kappa shape index (κ2) is 5.29. The van der Waals surface area contributed by atoms with Crippen LogP contribution in [0, 0.1) is 17.8 Å². The largest absolute Gasteiger partial charge is 0.322 e. The summed E-state index contributed by atoms with van der Waals surface area (Å²) in [6.07, 6.45) is 5.43. The lowest BCUT2D eigenvalue weighted by atomic mass is 9.96. The molecule has 2 saturated carbocycles. The monoisotopic (exact) mass is 304 g/mol. The van der Waals surface area contributed by atoms with Crippen molar-refractivity contribution in [2.75, 3.05) is 13.1 Å². The quantitative estimate of drug-likeness (QED) is 0.906. The molecule has 1 unspecified atom stereocenters. The van der Waals surface area contributed by atoms with Crippen molar-refractivity contribution in [3.05, 3.63) is 34.9 Å². The van der Waals surface area contributed by atoms with Crippen LogP contribution in [0.4, 0.5) is 0 Å². The zero-order chi connectivity index (χ0) is 14.4. The molecular formula is C17H21ClN2O. The van der Waals surface area contributed by atoms with Crippen molar-refractivity contribution < 1.29 is 4.79 Å². The van der Waals surface area contributed by atoms with Crippen molar-refractivity contribution >= 4 is 17.5 Å². The van der Waals surface area contributed by atoms with Crippen LogP contribution in [-0.2, 0) is 4.79 Å². The first-order valence-electron chi connectivity index (χ1n) is 8.00. The Morgan fingerprint density at radius 2 is 1.95 bits per heavy atom. The molecule has 21 heavy (non-hydrogen) atoms. The SMILES string of the molecule is O=C1CNC(c2cccc(Cl)c2)N1CC(C1CC1)C1CC1. The average molecular weight is 305 g/mol. The van der Waals surface area contributed by atoms with Crippen molar-refractivity contribution in [1.82, 2.24) is 10.2 Å². The molecular weight excluding hydrogens is 284 g/mol. The Morgan fingerprint density at radius 3 is 2.57 bits per heavy atom. The Hall–Kier alpha value is -1.06. The molecule has 1 aromatic rings. The van der Waals surface area contributed by atoms with Gasteiger partial charge in [0.15, 0.2) is 0 Å². The minimum absolute atomic E-state index is 0.00352. The van der Waals surface area contributed by atoms with Crippen molar-refractivity contribution in [3.8, 4) is 0 Å². The third-order valence-electron chi connectivity index (χ3n) is 5.11. The summed E-state index contributed by atoms with van der Waals surface area (Å²) in [6.45, 7) is 1.36. The Morgan fingerprint density at radius 1 is 1.24 bits per heavy atom. The van der Waals surface area contributed by atoms with Crippen LogP contribution in [0.5, 0.6) is 0 Å². The maximum Gasteiger partial charge on any atom is 0.238 e. The van der Waals surface area contributed by atoms with Crippen LogP contribution in [0.3, 0.4) is 0 Å². The maximum absolute atomic E-state index is 12.3. The Balaban J connectivity index is 1.54. The van der Waals surface area contributed by atoms with E-state index < -0.39 is 0 Å². The van der Waals surface area contributed by atoms with E-state index in [1.54, 1.807) is 0 Å². The number of nitrogens with zero attached hydrogens (tertiary/aromatic N) is 1. The lowest BCUT2D eigenvalue weighted by Crippen LogP contribution is -2.36. The van der Waals surface area contributed by atoms with Crippen molar-refractivity contribution in [1.29, 1.82) is 0 Å². The van der Waals surface area contributed by atoms with Crippen LogP contribution in [0.25, 0.3) is 0 Å². The number of rotatable bonds is 5. The number of benzene rings is 1. The molecule has 4 heteroatoms. The van der Waals surface area contributed by atoms with Gasteiger partial charge in [-0.3, -0.25) is 10.1 Å². The van der Waals surface area contributed by atoms with Crippen LogP contribution in [0.2, 0.25) is 5.02 Å². The first-order valence-corrected chi connectivity index (χ1v) is 8.38. The van der Waals surface area contributed by atoms with Gasteiger partial charge in [-0.15, -0.1) is 0 Å². The van der Waals surface area contributed by atoms with E-state index in [0.29, 0.717) is 6.54 Å². The van der Waals surface area contributed by atoms with Crippen LogP contribution < -0.4 is 5.32 Å². The zero-order valence-electron chi connectivity index (χ0n) is 12.1. The zero-order valence-corrected chi connectivity index (χ0v) is 12.9. The molecule has 1 amide bonds. The molecule has 0 spiro atoms. The van der Waals surface area contributed by atoms with E-state index in [-0.39, 0.29) is 12.1 Å². The molecule has 1 aliphatic heterocycles. The minimum Gasteiger partial charge on any atom is -0.322 e. The number of nitrogens with one attached hydrogen (secondary N) is 1. The first kappa shape index (κ1) is 13.6. The van der Waals surface area contributed by atoms with E-state index in [4.69, 9.17) is 11.6 Å². The summed E-state index contributed by atoms with van der Waals surface area (Å²) < 4.78 is 0. The molecule has 0 bridgehead atoms. The molecule has 1 N–H and O–H groups in total. The van der Waals surface area contributed by atoms with Crippen molar-refractivity contribution in [2.45, 2.75) is 31.8 Å². The Bertz CT molecular complexity index is 541. The fourth-order valence-electron chi connectivity index (χ4n) is 3.68. The van der Waals surface area contributed by atoms with Gasteiger partial charge in [0.05, 0.1) is 6.54 Å². The standard InChI is InChI=1S/C17H21ClN2O/c18-14-3-1-2-13(8-14)17-19-9-16(21)20(17)10-15(11-4-5-11)12-6-7-12/h1-3,8,11-12,15,17,19H,4-7,9-10H2. The van der Waals surface area contributed by atoms with Crippen molar-refractivity contribution in [3.63, 3.8) is 0 Å². The fourth-order valence-corrected chi connectivity index (χ4v) is 3.88. The molecule has 1 saturated heterocycles. The van der Waals surface area contributed by atoms with Crippen LogP contribution in [-0.4, -0.2) is 23.9 Å². The molecule has 112 valence electrons. The summed E-state index contributed by atoms with van der Waals surface area (Å²) in [4.78, 5) is 14.3. The maximum atomic E-state index is 12.3. The smallest absolute Gasteiger partial charge is 0.238 e. The molecule has 1 aromatic carbocycles. The highest BCUT2D eigenvalue weighted by Crippen LogP contribution is 2.50. The van der Waals surface area contributed by atoms with Gasteiger partial charge in [-0.25, -0.2) is 0 Å². The van der Waals surface area contributed by atoms with Gasteiger partial charge in [0, 0.05) is 11.6 Å². The number of hydrogen-bond donors (Lipinski definition) is 1. The van der Waals surface area contributed by atoms with Crippen LogP contribution >= 0.6 is 11.6 Å². The predicted octanol–water partition coefficient (Wildman–Crippen LogP) is 3.21. The number of carbonyl (C=O) groups excluding carboxylic acids is 1. The summed E-state index contributed by atoms with van der Waals surface area (Å²) in [5.41, 5.74) is 1.10. The van der Waals surface area contributed by atoms with E-state index in [1.807, 2.05) is 23.1 Å². The first-order chi connectivity index (χ1) is 10.2. The third-order valence-corrected chi connectivity index (χ3v) is 5.34. The number of carbonyl (C=O) groups is 1. The van der Waals surface area contributed by atoms with E-state index in [9.17, 15) is 4.79 Å². The van der Waals surface area contributed by atoms with Gasteiger partial charge in [-0.2, -0.15) is 0 Å². The third kappa shape index (κ3) is 2.82. The van der Waals surface area contributed by atoms with Gasteiger partial charge in [0.25, 0.3) is 0 Å². The molecule has 1 heterocycles. The average Bonchev–Trinajstić information content (AvgIpc) is 3.36. The van der Waals surface area contributed by atoms with E-state index in [0.717, 1.165) is 34.9 Å². The fraction of sp³-hybridized carbons (Fsp3) is 0.588. The summed E-state index contributed by atoms with van der Waals surface area (Å²) in [5.74, 6) is 2.68. The van der Waals surface area contributed by atoms with E-state index in [1.165, 1.54) is 25.7 Å². The number of halogens is 1. The Labute approximate surface area is 130 Å². The van der Waals surface area contributed by atoms with Gasteiger partial charge < -0.3 is 4.90 Å². The second-order valence-electron chi connectivity index (χ2n) is 6.72. The van der Waals surface area contributed by atoms with Crippen LogP contribution in [0.15, 0.2) is 24.3 Å². The summed E-state index contributed by atoms with van der Waals surface area (Å²) in [5, 5.41) is 4.07.